The topological polar surface area (TPSA) is 109 Å². The maximum Gasteiger partial charge on any atom is 0.258 e. The second kappa shape index (κ2) is 8.35. The summed E-state index contributed by atoms with van der Waals surface area (Å²) in [5.41, 5.74) is 9.89. The number of hydrogen-bond acceptors (Lipinski definition) is 7. The van der Waals surface area contributed by atoms with Crippen LogP contribution in [0.15, 0.2) is 40.9 Å². The molecule has 30 heavy (non-hydrogen) atoms. The highest BCUT2D eigenvalue weighted by molar-refractivity contribution is 6.31. The van der Waals surface area contributed by atoms with Crippen molar-refractivity contribution in [2.24, 2.45) is 5.73 Å². The fourth-order valence-electron chi connectivity index (χ4n) is 3.82. The van der Waals surface area contributed by atoms with Gasteiger partial charge in [-0.05, 0) is 42.2 Å². The van der Waals surface area contributed by atoms with Crippen molar-refractivity contribution < 1.29 is 14.7 Å². The summed E-state index contributed by atoms with van der Waals surface area (Å²) in [5, 5.41) is 23.9. The maximum atomic E-state index is 9.54. The zero-order valence-electron chi connectivity index (χ0n) is 16.8. The Bertz CT molecular complexity index is 1050. The summed E-state index contributed by atoms with van der Waals surface area (Å²) in [6.07, 6.45) is 1.65. The van der Waals surface area contributed by atoms with Gasteiger partial charge in [0.2, 0.25) is 5.82 Å². The lowest BCUT2D eigenvalue weighted by Gasteiger charge is -2.31. The third-order valence-electron chi connectivity index (χ3n) is 5.61. The number of nitrogens with zero attached hydrogens (tertiary/aromatic N) is 3. The zero-order chi connectivity index (χ0) is 21.3. The summed E-state index contributed by atoms with van der Waals surface area (Å²) >= 11 is 6.33. The highest BCUT2D eigenvalue weighted by Gasteiger charge is 2.31. The monoisotopic (exact) mass is 428 g/mol. The molecule has 8 heteroatoms. The quantitative estimate of drug-likeness (QED) is 0.530. The lowest BCUT2D eigenvalue weighted by molar-refractivity contribution is 0.125. The zero-order valence-corrected chi connectivity index (χ0v) is 17.6. The number of aliphatic hydroxyl groups is 2. The van der Waals surface area contributed by atoms with Crippen LogP contribution in [0.5, 0.6) is 0 Å². The largest absolute Gasteiger partial charge is 0.394 e. The molecule has 7 nitrogen and oxygen atoms in total. The molecule has 0 unspecified atom stereocenters. The molecule has 0 saturated heterocycles. The van der Waals surface area contributed by atoms with Crippen LogP contribution in [0.2, 0.25) is 5.02 Å². The Kier molecular flexibility index (Phi) is 5.79. The first-order valence-corrected chi connectivity index (χ1v) is 10.4. The Morgan fingerprint density at radius 3 is 2.73 bits per heavy atom. The standard InChI is InChI=1S/C22H25ClN4O3/c1-2-14-6-7-15(10-18(14)23)21-25-20(26-30-21)17-4-3-5-19-16(17)8-9-27(19)11-22(24,12-28)13-29/h3-7,10,28-29H,2,8-9,11-13,24H2,1H3. The van der Waals surface area contributed by atoms with E-state index in [1.54, 1.807) is 0 Å². The molecule has 0 saturated carbocycles. The molecule has 4 N–H and O–H groups in total. The van der Waals surface area contributed by atoms with E-state index in [-0.39, 0.29) is 13.2 Å². The van der Waals surface area contributed by atoms with Crippen molar-refractivity contribution in [1.29, 1.82) is 0 Å². The van der Waals surface area contributed by atoms with E-state index in [0.717, 1.165) is 47.3 Å². The molecule has 0 amide bonds. The molecule has 0 spiro atoms. The summed E-state index contributed by atoms with van der Waals surface area (Å²) in [6.45, 7) is 2.58. The van der Waals surface area contributed by atoms with E-state index in [1.807, 2.05) is 36.4 Å². The van der Waals surface area contributed by atoms with Crippen molar-refractivity contribution in [3.63, 3.8) is 0 Å². The lowest BCUT2D eigenvalue weighted by atomic mass is 10.0. The number of aliphatic hydroxyl groups excluding tert-OH is 2. The predicted octanol–water partition coefficient (Wildman–Crippen LogP) is 2.66. The van der Waals surface area contributed by atoms with Crippen molar-refractivity contribution in [3.05, 3.63) is 52.5 Å². The molecule has 4 rings (SSSR count). The van der Waals surface area contributed by atoms with Gasteiger partial charge in [0.1, 0.15) is 0 Å². The lowest BCUT2D eigenvalue weighted by Crippen LogP contribution is -2.55. The molecule has 2 aromatic carbocycles. The SMILES string of the molecule is CCc1ccc(-c2nc(-c3cccc4c3CCN4CC(N)(CO)CO)no2)cc1Cl. The molecule has 0 atom stereocenters. The van der Waals surface area contributed by atoms with Gasteiger partial charge in [0.15, 0.2) is 0 Å². The second-order valence-electron chi connectivity index (χ2n) is 7.74. The molecular formula is C22H25ClN4O3. The van der Waals surface area contributed by atoms with Crippen LogP contribution in [0.1, 0.15) is 18.1 Å². The molecule has 0 radical (unpaired) electrons. The van der Waals surface area contributed by atoms with Crippen LogP contribution < -0.4 is 10.6 Å². The molecule has 1 aromatic heterocycles. The minimum atomic E-state index is -1.05. The van der Waals surface area contributed by atoms with Gasteiger partial charge in [0.05, 0.1) is 18.8 Å². The summed E-state index contributed by atoms with van der Waals surface area (Å²) in [4.78, 5) is 6.68. The van der Waals surface area contributed by atoms with Crippen LogP contribution in [-0.4, -0.2) is 52.2 Å². The predicted molar refractivity (Wildman–Crippen MR) is 117 cm³/mol. The van der Waals surface area contributed by atoms with Gasteiger partial charge in [0.25, 0.3) is 5.89 Å². The van der Waals surface area contributed by atoms with E-state index in [9.17, 15) is 10.2 Å². The van der Waals surface area contributed by atoms with E-state index >= 15 is 0 Å². The van der Waals surface area contributed by atoms with Crippen molar-refractivity contribution in [2.75, 3.05) is 31.2 Å². The van der Waals surface area contributed by atoms with E-state index < -0.39 is 5.54 Å². The highest BCUT2D eigenvalue weighted by atomic mass is 35.5. The van der Waals surface area contributed by atoms with Gasteiger partial charge in [-0.3, -0.25) is 0 Å². The minimum Gasteiger partial charge on any atom is -0.394 e. The number of anilines is 1. The summed E-state index contributed by atoms with van der Waals surface area (Å²) in [6, 6.07) is 11.7. The number of aromatic nitrogens is 2. The normalized spacial score (nSPS) is 13.7. The van der Waals surface area contributed by atoms with Crippen LogP contribution in [0.25, 0.3) is 22.8 Å². The van der Waals surface area contributed by atoms with Gasteiger partial charge in [-0.2, -0.15) is 4.98 Å². The van der Waals surface area contributed by atoms with Crippen molar-refractivity contribution in [1.82, 2.24) is 10.1 Å². The Hall–Kier alpha value is -2.45. The molecular weight excluding hydrogens is 404 g/mol. The smallest absolute Gasteiger partial charge is 0.258 e. The first-order valence-electron chi connectivity index (χ1n) is 9.98. The molecule has 1 aliphatic rings. The Labute approximate surface area is 180 Å². The molecule has 2 heterocycles. The number of halogens is 1. The van der Waals surface area contributed by atoms with Gasteiger partial charge in [-0.1, -0.05) is 41.9 Å². The fourth-order valence-corrected chi connectivity index (χ4v) is 4.14. The Balaban J connectivity index is 1.64. The van der Waals surface area contributed by atoms with Gasteiger partial charge in [0, 0.05) is 34.9 Å². The number of nitrogens with two attached hydrogens (primary N) is 1. The highest BCUT2D eigenvalue weighted by Crippen LogP contribution is 2.36. The van der Waals surface area contributed by atoms with Crippen molar-refractivity contribution in [3.8, 4) is 22.8 Å². The molecule has 0 bridgehead atoms. The average molecular weight is 429 g/mol. The number of rotatable bonds is 7. The van der Waals surface area contributed by atoms with Crippen LogP contribution in [0.3, 0.4) is 0 Å². The van der Waals surface area contributed by atoms with Crippen LogP contribution in [0, 0.1) is 0 Å². The van der Waals surface area contributed by atoms with Crippen molar-refractivity contribution >= 4 is 17.3 Å². The average Bonchev–Trinajstić information content (AvgIpc) is 3.41. The van der Waals surface area contributed by atoms with E-state index in [2.05, 4.69) is 22.0 Å². The summed E-state index contributed by atoms with van der Waals surface area (Å²) in [7, 11) is 0. The third kappa shape index (κ3) is 3.81. The van der Waals surface area contributed by atoms with Gasteiger partial charge >= 0.3 is 0 Å². The van der Waals surface area contributed by atoms with E-state index in [0.29, 0.717) is 23.3 Å². The minimum absolute atomic E-state index is 0.289. The number of benzene rings is 2. The van der Waals surface area contributed by atoms with Crippen LogP contribution in [0.4, 0.5) is 5.69 Å². The first kappa shape index (κ1) is 20.8. The maximum absolute atomic E-state index is 9.54. The Morgan fingerprint density at radius 2 is 2.03 bits per heavy atom. The molecule has 158 valence electrons. The van der Waals surface area contributed by atoms with E-state index in [1.165, 1.54) is 0 Å². The Morgan fingerprint density at radius 1 is 1.23 bits per heavy atom. The van der Waals surface area contributed by atoms with Gasteiger partial charge in [-0.25, -0.2) is 0 Å². The van der Waals surface area contributed by atoms with Gasteiger partial charge < -0.3 is 25.4 Å². The fraction of sp³-hybridized carbons (Fsp3) is 0.364. The van der Waals surface area contributed by atoms with Crippen molar-refractivity contribution in [2.45, 2.75) is 25.3 Å². The molecule has 0 fully saturated rings. The molecule has 0 aliphatic carbocycles. The third-order valence-corrected chi connectivity index (χ3v) is 5.96. The molecule has 3 aromatic rings. The molecule has 1 aliphatic heterocycles. The number of fused-ring (bicyclic) bond motifs is 1. The summed E-state index contributed by atoms with van der Waals surface area (Å²) in [5.74, 6) is 0.936. The number of aryl methyl sites for hydroxylation is 1. The first-order chi connectivity index (χ1) is 14.5. The van der Waals surface area contributed by atoms with E-state index in [4.69, 9.17) is 21.9 Å². The van der Waals surface area contributed by atoms with Crippen LogP contribution >= 0.6 is 11.6 Å². The second-order valence-corrected chi connectivity index (χ2v) is 8.14. The number of hydrogen-bond donors (Lipinski definition) is 3. The van der Waals surface area contributed by atoms with Crippen LogP contribution in [-0.2, 0) is 12.8 Å². The van der Waals surface area contributed by atoms with Gasteiger partial charge in [-0.15, -0.1) is 0 Å². The summed E-state index contributed by atoms with van der Waals surface area (Å²) < 4.78 is 5.52.